The molecule has 3 heteroatoms. The van der Waals surface area contributed by atoms with E-state index in [0.717, 1.165) is 14.5 Å². The van der Waals surface area contributed by atoms with E-state index in [1.807, 2.05) is 0 Å². The molecular weight excluding hydrogens is 308 g/mol. The van der Waals surface area contributed by atoms with Crippen molar-refractivity contribution in [3.8, 4) is 0 Å². The molecule has 1 nitrogen and oxygen atoms in total. The lowest BCUT2D eigenvalue weighted by Crippen LogP contribution is -1.95. The van der Waals surface area contributed by atoms with Crippen LogP contribution in [-0.4, -0.2) is 6.61 Å². The SMILES string of the molecule is C=CCOCc1c(Br)cc(C)cc1Br. The van der Waals surface area contributed by atoms with Crippen LogP contribution in [0.3, 0.4) is 0 Å². The van der Waals surface area contributed by atoms with Gasteiger partial charge in [-0.3, -0.25) is 0 Å². The van der Waals surface area contributed by atoms with Gasteiger partial charge in [0.05, 0.1) is 13.2 Å². The van der Waals surface area contributed by atoms with Crippen molar-refractivity contribution >= 4 is 31.9 Å². The molecule has 0 aromatic heterocycles. The van der Waals surface area contributed by atoms with Gasteiger partial charge in [0, 0.05) is 14.5 Å². The standard InChI is InChI=1S/C11H12Br2O/c1-3-4-14-7-9-10(12)5-8(2)6-11(9)13/h3,5-6H,1,4,7H2,2H3. The quantitative estimate of drug-likeness (QED) is 0.596. The predicted molar refractivity (Wildman–Crippen MR) is 66.4 cm³/mol. The molecule has 0 radical (unpaired) electrons. The molecule has 0 atom stereocenters. The van der Waals surface area contributed by atoms with Gasteiger partial charge in [-0.25, -0.2) is 0 Å². The summed E-state index contributed by atoms with van der Waals surface area (Å²) in [7, 11) is 0. The molecule has 1 aromatic carbocycles. The van der Waals surface area contributed by atoms with Gasteiger partial charge in [0.25, 0.3) is 0 Å². The summed E-state index contributed by atoms with van der Waals surface area (Å²) in [6, 6.07) is 4.16. The highest BCUT2D eigenvalue weighted by molar-refractivity contribution is 9.11. The van der Waals surface area contributed by atoms with Crippen molar-refractivity contribution in [1.82, 2.24) is 0 Å². The van der Waals surface area contributed by atoms with Crippen molar-refractivity contribution in [2.24, 2.45) is 0 Å². The molecule has 0 fully saturated rings. The highest BCUT2D eigenvalue weighted by atomic mass is 79.9. The number of hydrogen-bond acceptors (Lipinski definition) is 1. The third-order valence-electron chi connectivity index (χ3n) is 1.77. The van der Waals surface area contributed by atoms with Gasteiger partial charge in [0.2, 0.25) is 0 Å². The zero-order valence-corrected chi connectivity index (χ0v) is 11.2. The minimum Gasteiger partial charge on any atom is -0.373 e. The number of halogens is 2. The van der Waals surface area contributed by atoms with E-state index in [1.165, 1.54) is 5.56 Å². The maximum atomic E-state index is 5.39. The molecule has 1 aromatic rings. The van der Waals surface area contributed by atoms with E-state index < -0.39 is 0 Å². The number of rotatable bonds is 4. The summed E-state index contributed by atoms with van der Waals surface area (Å²) < 4.78 is 7.55. The summed E-state index contributed by atoms with van der Waals surface area (Å²) >= 11 is 7.03. The lowest BCUT2D eigenvalue weighted by molar-refractivity contribution is 0.148. The van der Waals surface area contributed by atoms with Crippen LogP contribution < -0.4 is 0 Å². The van der Waals surface area contributed by atoms with E-state index >= 15 is 0 Å². The first-order valence-corrected chi connectivity index (χ1v) is 5.87. The maximum absolute atomic E-state index is 5.39. The van der Waals surface area contributed by atoms with Gasteiger partial charge in [-0.05, 0) is 24.6 Å². The van der Waals surface area contributed by atoms with Gasteiger partial charge < -0.3 is 4.74 Å². The Morgan fingerprint density at radius 2 is 1.93 bits per heavy atom. The van der Waals surface area contributed by atoms with Crippen LogP contribution in [0.1, 0.15) is 11.1 Å². The van der Waals surface area contributed by atoms with Gasteiger partial charge in [-0.2, -0.15) is 0 Å². The van der Waals surface area contributed by atoms with E-state index in [0.29, 0.717) is 13.2 Å². The van der Waals surface area contributed by atoms with Crippen LogP contribution in [0.4, 0.5) is 0 Å². The van der Waals surface area contributed by atoms with Crippen molar-refractivity contribution in [2.75, 3.05) is 6.61 Å². The molecule has 0 aliphatic rings. The Labute approximate surface area is 101 Å². The number of ether oxygens (including phenoxy) is 1. The van der Waals surface area contributed by atoms with Crippen molar-refractivity contribution in [3.05, 3.63) is 44.9 Å². The number of benzene rings is 1. The Hall–Kier alpha value is -0.120. The van der Waals surface area contributed by atoms with Crippen LogP contribution in [0.5, 0.6) is 0 Å². The normalized spacial score (nSPS) is 10.2. The van der Waals surface area contributed by atoms with E-state index in [1.54, 1.807) is 6.08 Å². The molecule has 0 saturated carbocycles. The Bertz CT molecular complexity index is 311. The summed E-state index contributed by atoms with van der Waals surface area (Å²) in [4.78, 5) is 0. The molecule has 0 aliphatic heterocycles. The molecule has 0 N–H and O–H groups in total. The van der Waals surface area contributed by atoms with Crippen molar-refractivity contribution in [3.63, 3.8) is 0 Å². The molecule has 1 rings (SSSR count). The Morgan fingerprint density at radius 3 is 2.43 bits per heavy atom. The van der Waals surface area contributed by atoms with Crippen molar-refractivity contribution < 1.29 is 4.74 Å². The summed E-state index contributed by atoms with van der Waals surface area (Å²) in [6.45, 7) is 6.83. The molecule has 76 valence electrons. The molecule has 0 saturated heterocycles. The lowest BCUT2D eigenvalue weighted by Gasteiger charge is -2.08. The Kier molecular flexibility index (Phi) is 4.85. The minimum absolute atomic E-state index is 0.576. The van der Waals surface area contributed by atoms with Crippen molar-refractivity contribution in [2.45, 2.75) is 13.5 Å². The first kappa shape index (κ1) is 12.0. The van der Waals surface area contributed by atoms with Crippen LogP contribution in [0.15, 0.2) is 33.7 Å². The number of aryl methyl sites for hydroxylation is 1. The second-order valence-corrected chi connectivity index (χ2v) is 4.72. The zero-order chi connectivity index (χ0) is 10.6. The fourth-order valence-electron chi connectivity index (χ4n) is 1.11. The minimum atomic E-state index is 0.576. The van der Waals surface area contributed by atoms with Crippen molar-refractivity contribution in [1.29, 1.82) is 0 Å². The highest BCUT2D eigenvalue weighted by Crippen LogP contribution is 2.27. The smallest absolute Gasteiger partial charge is 0.0743 e. The largest absolute Gasteiger partial charge is 0.373 e. The Balaban J connectivity index is 2.80. The predicted octanol–water partition coefficient (Wildman–Crippen LogP) is 4.22. The second kappa shape index (κ2) is 5.69. The average Bonchev–Trinajstić information content (AvgIpc) is 2.09. The van der Waals surface area contributed by atoms with Crippen LogP contribution in [0.2, 0.25) is 0 Å². The second-order valence-electron chi connectivity index (χ2n) is 3.01. The topological polar surface area (TPSA) is 9.23 Å². The van der Waals surface area contributed by atoms with Gasteiger partial charge in [0.1, 0.15) is 0 Å². The summed E-state index contributed by atoms with van der Waals surface area (Å²) in [5, 5.41) is 0. The van der Waals surface area contributed by atoms with Gasteiger partial charge in [-0.15, -0.1) is 6.58 Å². The van der Waals surface area contributed by atoms with E-state index in [-0.39, 0.29) is 0 Å². The lowest BCUT2D eigenvalue weighted by atomic mass is 10.2. The maximum Gasteiger partial charge on any atom is 0.0743 e. The molecular formula is C11H12Br2O. The van der Waals surface area contributed by atoms with E-state index in [9.17, 15) is 0 Å². The molecule has 0 unspecified atom stereocenters. The molecule has 0 amide bonds. The first-order chi connectivity index (χ1) is 6.65. The fraction of sp³-hybridized carbons (Fsp3) is 0.273. The summed E-state index contributed by atoms with van der Waals surface area (Å²) in [6.07, 6.45) is 1.75. The van der Waals surface area contributed by atoms with Crippen LogP contribution in [-0.2, 0) is 11.3 Å². The van der Waals surface area contributed by atoms with E-state index in [2.05, 4.69) is 57.5 Å². The average molecular weight is 320 g/mol. The zero-order valence-electron chi connectivity index (χ0n) is 8.02. The summed E-state index contributed by atoms with van der Waals surface area (Å²) in [5.41, 5.74) is 2.36. The third kappa shape index (κ3) is 3.23. The monoisotopic (exact) mass is 318 g/mol. The summed E-state index contributed by atoms with van der Waals surface area (Å²) in [5.74, 6) is 0. The fourth-order valence-corrected chi connectivity index (χ4v) is 2.76. The molecule has 14 heavy (non-hydrogen) atoms. The molecule has 0 spiro atoms. The van der Waals surface area contributed by atoms with E-state index in [4.69, 9.17) is 4.74 Å². The molecule has 0 heterocycles. The first-order valence-electron chi connectivity index (χ1n) is 4.28. The van der Waals surface area contributed by atoms with Crippen LogP contribution in [0, 0.1) is 6.92 Å². The highest BCUT2D eigenvalue weighted by Gasteiger charge is 2.05. The van der Waals surface area contributed by atoms with Gasteiger partial charge in [-0.1, -0.05) is 37.9 Å². The Morgan fingerprint density at radius 1 is 1.36 bits per heavy atom. The van der Waals surface area contributed by atoms with Crippen LogP contribution >= 0.6 is 31.9 Å². The third-order valence-corrected chi connectivity index (χ3v) is 3.18. The molecule has 0 bridgehead atoms. The van der Waals surface area contributed by atoms with Gasteiger partial charge >= 0.3 is 0 Å². The van der Waals surface area contributed by atoms with Gasteiger partial charge in [0.15, 0.2) is 0 Å². The number of hydrogen-bond donors (Lipinski definition) is 0. The molecule has 0 aliphatic carbocycles. The van der Waals surface area contributed by atoms with Crippen LogP contribution in [0.25, 0.3) is 0 Å².